The van der Waals surface area contributed by atoms with Gasteiger partial charge in [-0.05, 0) is 61.9 Å². The van der Waals surface area contributed by atoms with Crippen molar-refractivity contribution in [3.8, 4) is 17.2 Å². The van der Waals surface area contributed by atoms with Crippen LogP contribution in [0.2, 0.25) is 0 Å². The minimum absolute atomic E-state index is 0.0476. The molecule has 3 rings (SSSR count). The first-order valence-electron chi connectivity index (χ1n) is 9.78. The van der Waals surface area contributed by atoms with E-state index in [0.717, 1.165) is 42.5 Å². The summed E-state index contributed by atoms with van der Waals surface area (Å²) in [5, 5.41) is 9.30. The number of nitriles is 1. The molecule has 0 unspecified atom stereocenters. The molecule has 1 aliphatic rings. The monoisotopic (exact) mass is 378 g/mol. The smallest absolute Gasteiger partial charge is 0.435 e. The van der Waals surface area contributed by atoms with Gasteiger partial charge in [-0.2, -0.15) is 5.26 Å². The van der Waals surface area contributed by atoms with Gasteiger partial charge in [0.05, 0.1) is 18.2 Å². The average Bonchev–Trinajstić information content (AvgIpc) is 2.74. The van der Waals surface area contributed by atoms with Crippen molar-refractivity contribution in [2.45, 2.75) is 44.8 Å². The van der Waals surface area contributed by atoms with E-state index in [1.807, 2.05) is 24.3 Å². The molecular formula is C23H26N2O3. The third-order valence-electron chi connectivity index (χ3n) is 5.35. The van der Waals surface area contributed by atoms with Crippen molar-refractivity contribution in [3.63, 3.8) is 0 Å². The molecule has 0 radical (unpaired) electrons. The van der Waals surface area contributed by atoms with Crippen molar-refractivity contribution in [2.75, 3.05) is 18.6 Å². The summed E-state index contributed by atoms with van der Waals surface area (Å²) in [6.45, 7) is 2.11. The molecule has 2 aromatic rings. The number of anilines is 1. The van der Waals surface area contributed by atoms with E-state index in [9.17, 15) is 10.1 Å². The highest BCUT2D eigenvalue weighted by atomic mass is 16.7. The normalized spacial score (nSPS) is 18.8. The topological polar surface area (TPSA) is 62.6 Å². The number of hydrogen-bond donors (Lipinski definition) is 0. The van der Waals surface area contributed by atoms with Gasteiger partial charge in [0.1, 0.15) is 6.10 Å². The molecule has 1 fully saturated rings. The number of ether oxygens (including phenoxy) is 2. The van der Waals surface area contributed by atoms with Crippen LogP contribution in [0.15, 0.2) is 48.5 Å². The van der Waals surface area contributed by atoms with Gasteiger partial charge in [-0.15, -0.1) is 0 Å². The quantitative estimate of drug-likeness (QED) is 0.674. The molecule has 1 aliphatic carbocycles. The summed E-state index contributed by atoms with van der Waals surface area (Å²) in [6.07, 6.45) is 3.03. The van der Waals surface area contributed by atoms with Gasteiger partial charge in [0.25, 0.3) is 0 Å². The van der Waals surface area contributed by atoms with Crippen LogP contribution in [0.25, 0.3) is 11.1 Å². The SMILES string of the molecule is CCOC(=O)OC1CCC(N(C)c2ccc(-c3ccccc3C#N)cc2)CC1. The standard InChI is InChI=1S/C23H26N2O3/c1-3-27-23(26)28-21-14-12-20(13-15-21)25(2)19-10-8-17(9-11-19)22-7-5-4-6-18(22)16-24/h4-11,20-21H,3,12-15H2,1-2H3. The fraction of sp³-hybridized carbons (Fsp3) is 0.391. The summed E-state index contributed by atoms with van der Waals surface area (Å²) in [4.78, 5) is 13.8. The molecule has 0 N–H and O–H groups in total. The van der Waals surface area contributed by atoms with Gasteiger partial charge in [0, 0.05) is 18.8 Å². The van der Waals surface area contributed by atoms with E-state index in [2.05, 4.69) is 42.3 Å². The molecule has 28 heavy (non-hydrogen) atoms. The lowest BCUT2D eigenvalue weighted by Gasteiger charge is -2.35. The zero-order chi connectivity index (χ0) is 19.9. The van der Waals surface area contributed by atoms with Crippen molar-refractivity contribution < 1.29 is 14.3 Å². The number of carbonyl (C=O) groups excluding carboxylic acids is 1. The largest absolute Gasteiger partial charge is 0.508 e. The number of rotatable bonds is 5. The van der Waals surface area contributed by atoms with Crippen LogP contribution in [0.1, 0.15) is 38.2 Å². The Labute approximate surface area is 166 Å². The van der Waals surface area contributed by atoms with Crippen LogP contribution in [-0.2, 0) is 9.47 Å². The molecule has 0 aromatic heterocycles. The zero-order valence-corrected chi connectivity index (χ0v) is 16.4. The predicted molar refractivity (Wildman–Crippen MR) is 109 cm³/mol. The lowest BCUT2D eigenvalue weighted by molar-refractivity contribution is 0.0119. The molecule has 5 heteroatoms. The second-order valence-electron chi connectivity index (χ2n) is 7.05. The number of benzene rings is 2. The Morgan fingerprint density at radius 1 is 1.11 bits per heavy atom. The molecule has 146 valence electrons. The van der Waals surface area contributed by atoms with E-state index in [1.165, 1.54) is 0 Å². The van der Waals surface area contributed by atoms with Crippen molar-refractivity contribution >= 4 is 11.8 Å². The van der Waals surface area contributed by atoms with E-state index >= 15 is 0 Å². The van der Waals surface area contributed by atoms with Gasteiger partial charge in [0.15, 0.2) is 0 Å². The summed E-state index contributed by atoms with van der Waals surface area (Å²) < 4.78 is 10.2. The lowest BCUT2D eigenvalue weighted by Crippen LogP contribution is -2.37. The first-order chi connectivity index (χ1) is 13.6. The van der Waals surface area contributed by atoms with Crippen LogP contribution < -0.4 is 4.90 Å². The number of nitrogens with zero attached hydrogens (tertiary/aromatic N) is 2. The molecule has 0 amide bonds. The first kappa shape index (κ1) is 19.8. The van der Waals surface area contributed by atoms with Gasteiger partial charge in [-0.1, -0.05) is 30.3 Å². The summed E-state index contributed by atoms with van der Waals surface area (Å²) in [6, 6.07) is 18.7. The summed E-state index contributed by atoms with van der Waals surface area (Å²) in [5.74, 6) is 0. The van der Waals surface area contributed by atoms with E-state index in [1.54, 1.807) is 6.92 Å². The third-order valence-corrected chi connectivity index (χ3v) is 5.35. The molecule has 0 heterocycles. The molecule has 0 spiro atoms. The van der Waals surface area contributed by atoms with Crippen LogP contribution in [0, 0.1) is 11.3 Å². The van der Waals surface area contributed by atoms with Crippen LogP contribution >= 0.6 is 0 Å². The Morgan fingerprint density at radius 3 is 2.43 bits per heavy atom. The fourth-order valence-corrected chi connectivity index (χ4v) is 3.76. The maximum atomic E-state index is 11.5. The second-order valence-corrected chi connectivity index (χ2v) is 7.05. The van der Waals surface area contributed by atoms with E-state index in [4.69, 9.17) is 9.47 Å². The minimum Gasteiger partial charge on any atom is -0.435 e. The Bertz CT molecular complexity index is 834. The summed E-state index contributed by atoms with van der Waals surface area (Å²) >= 11 is 0. The van der Waals surface area contributed by atoms with Gasteiger partial charge >= 0.3 is 6.16 Å². The zero-order valence-electron chi connectivity index (χ0n) is 16.4. The Hall–Kier alpha value is -3.00. The van der Waals surface area contributed by atoms with Crippen molar-refractivity contribution in [1.29, 1.82) is 5.26 Å². The second kappa shape index (κ2) is 9.27. The summed E-state index contributed by atoms with van der Waals surface area (Å²) in [7, 11) is 2.11. The van der Waals surface area contributed by atoms with Crippen LogP contribution in [-0.4, -0.2) is 32.0 Å². The Kier molecular flexibility index (Phi) is 6.54. The van der Waals surface area contributed by atoms with Crippen molar-refractivity contribution in [3.05, 3.63) is 54.1 Å². The molecule has 0 bridgehead atoms. The van der Waals surface area contributed by atoms with Crippen LogP contribution in [0.4, 0.5) is 10.5 Å². The van der Waals surface area contributed by atoms with Crippen LogP contribution in [0.5, 0.6) is 0 Å². The third kappa shape index (κ3) is 4.64. The highest BCUT2D eigenvalue weighted by Crippen LogP contribution is 2.30. The van der Waals surface area contributed by atoms with Crippen LogP contribution in [0.3, 0.4) is 0 Å². The first-order valence-corrected chi connectivity index (χ1v) is 9.78. The van der Waals surface area contributed by atoms with E-state index in [0.29, 0.717) is 18.2 Å². The average molecular weight is 378 g/mol. The predicted octanol–water partition coefficient (Wildman–Crippen LogP) is 5.15. The van der Waals surface area contributed by atoms with Gasteiger partial charge in [-0.3, -0.25) is 0 Å². The van der Waals surface area contributed by atoms with Gasteiger partial charge in [-0.25, -0.2) is 4.79 Å². The minimum atomic E-state index is -0.562. The maximum Gasteiger partial charge on any atom is 0.508 e. The molecule has 2 aromatic carbocycles. The highest BCUT2D eigenvalue weighted by Gasteiger charge is 2.26. The molecule has 1 saturated carbocycles. The Balaban J connectivity index is 1.60. The molecule has 5 nitrogen and oxygen atoms in total. The van der Waals surface area contributed by atoms with Crippen molar-refractivity contribution in [2.24, 2.45) is 0 Å². The number of hydrogen-bond acceptors (Lipinski definition) is 5. The van der Waals surface area contributed by atoms with E-state index in [-0.39, 0.29) is 6.10 Å². The lowest BCUT2D eigenvalue weighted by atomic mass is 9.91. The van der Waals surface area contributed by atoms with E-state index < -0.39 is 6.16 Å². The molecule has 0 atom stereocenters. The fourth-order valence-electron chi connectivity index (χ4n) is 3.76. The summed E-state index contributed by atoms with van der Waals surface area (Å²) in [5.41, 5.74) is 3.83. The van der Waals surface area contributed by atoms with Crippen molar-refractivity contribution in [1.82, 2.24) is 0 Å². The highest BCUT2D eigenvalue weighted by molar-refractivity contribution is 5.72. The molecular weight excluding hydrogens is 352 g/mol. The molecule has 0 aliphatic heterocycles. The molecule has 0 saturated heterocycles. The number of carbonyl (C=O) groups is 1. The van der Waals surface area contributed by atoms with Gasteiger partial charge < -0.3 is 14.4 Å². The Morgan fingerprint density at radius 2 is 1.79 bits per heavy atom. The van der Waals surface area contributed by atoms with Gasteiger partial charge in [0.2, 0.25) is 0 Å². The maximum absolute atomic E-state index is 11.5.